The minimum atomic E-state index is -0.832. The van der Waals surface area contributed by atoms with E-state index < -0.39 is 5.54 Å². The second kappa shape index (κ2) is 5.84. The van der Waals surface area contributed by atoms with E-state index in [0.717, 1.165) is 12.0 Å². The Bertz CT molecular complexity index is 542. The molecule has 0 spiro atoms. The van der Waals surface area contributed by atoms with E-state index in [1.54, 1.807) is 19.1 Å². The highest BCUT2D eigenvalue weighted by Gasteiger charge is 2.47. The summed E-state index contributed by atoms with van der Waals surface area (Å²) in [5.74, 6) is -0.0760. The predicted octanol–water partition coefficient (Wildman–Crippen LogP) is 3.07. The van der Waals surface area contributed by atoms with E-state index in [0.29, 0.717) is 12.3 Å². The van der Waals surface area contributed by atoms with Crippen LogP contribution in [0.1, 0.15) is 39.2 Å². The van der Waals surface area contributed by atoms with E-state index in [1.807, 2.05) is 0 Å². The molecule has 1 saturated heterocycles. The van der Waals surface area contributed by atoms with E-state index in [4.69, 9.17) is 0 Å². The third-order valence-corrected chi connectivity index (χ3v) is 3.82. The van der Waals surface area contributed by atoms with Gasteiger partial charge in [0.15, 0.2) is 0 Å². The summed E-state index contributed by atoms with van der Waals surface area (Å²) in [6.07, 6.45) is 1.49. The lowest BCUT2D eigenvalue weighted by molar-refractivity contribution is -0.131. The van der Waals surface area contributed by atoms with Crippen molar-refractivity contribution in [2.24, 2.45) is 5.92 Å². The summed E-state index contributed by atoms with van der Waals surface area (Å²) in [6.45, 7) is 6.10. The lowest BCUT2D eigenvalue weighted by Crippen LogP contribution is -2.44. The maximum absolute atomic E-state index is 12.9. The largest absolute Gasteiger partial charge is 0.325 e. The fourth-order valence-corrected chi connectivity index (χ4v) is 2.41. The third kappa shape index (κ3) is 3.40. The van der Waals surface area contributed by atoms with Crippen LogP contribution in [0.5, 0.6) is 0 Å². The van der Waals surface area contributed by atoms with Gasteiger partial charge in [-0.15, -0.1) is 0 Å². The van der Waals surface area contributed by atoms with Gasteiger partial charge in [0.25, 0.3) is 5.91 Å². The number of nitrogens with one attached hydrogen (secondary N) is 1. The molecule has 1 aromatic carbocycles. The summed E-state index contributed by atoms with van der Waals surface area (Å²) in [4.78, 5) is 25.7. The van der Waals surface area contributed by atoms with Crippen LogP contribution in [-0.2, 0) is 11.3 Å². The molecule has 0 bridgehead atoms. The van der Waals surface area contributed by atoms with Gasteiger partial charge in [-0.1, -0.05) is 26.0 Å². The number of nitrogens with zero attached hydrogens (tertiary/aromatic N) is 1. The lowest BCUT2D eigenvalue weighted by atomic mass is 9.92. The Labute approximate surface area is 124 Å². The minimum absolute atomic E-state index is 0.169. The van der Waals surface area contributed by atoms with Crippen LogP contribution in [0.15, 0.2) is 24.3 Å². The summed E-state index contributed by atoms with van der Waals surface area (Å²) in [6, 6.07) is 5.44. The number of carbonyl (C=O) groups excluding carboxylic acids is 2. The van der Waals surface area contributed by atoms with Gasteiger partial charge in [-0.3, -0.25) is 9.69 Å². The molecule has 3 amide bonds. The second-order valence-corrected chi connectivity index (χ2v) is 6.21. The van der Waals surface area contributed by atoms with Crippen molar-refractivity contribution in [3.8, 4) is 0 Å². The van der Waals surface area contributed by atoms with Crippen molar-refractivity contribution < 1.29 is 14.0 Å². The van der Waals surface area contributed by atoms with Gasteiger partial charge >= 0.3 is 6.03 Å². The van der Waals surface area contributed by atoms with Gasteiger partial charge in [0.2, 0.25) is 0 Å². The van der Waals surface area contributed by atoms with Crippen LogP contribution in [0.2, 0.25) is 0 Å². The molecular formula is C16H21FN2O2. The topological polar surface area (TPSA) is 49.4 Å². The van der Waals surface area contributed by atoms with Crippen molar-refractivity contribution in [3.05, 3.63) is 35.6 Å². The van der Waals surface area contributed by atoms with Crippen LogP contribution in [0.3, 0.4) is 0 Å². The van der Waals surface area contributed by atoms with E-state index in [-0.39, 0.29) is 24.3 Å². The number of halogens is 1. The number of hydrogen-bond donors (Lipinski definition) is 1. The number of rotatable bonds is 5. The van der Waals surface area contributed by atoms with Crippen LogP contribution in [-0.4, -0.2) is 22.4 Å². The molecule has 1 fully saturated rings. The molecular weight excluding hydrogens is 271 g/mol. The first-order valence-corrected chi connectivity index (χ1v) is 7.20. The molecule has 1 atom stereocenters. The van der Waals surface area contributed by atoms with Gasteiger partial charge in [0.1, 0.15) is 11.4 Å². The molecule has 0 unspecified atom stereocenters. The van der Waals surface area contributed by atoms with Crippen LogP contribution in [0.25, 0.3) is 0 Å². The average Bonchev–Trinajstić information content (AvgIpc) is 2.63. The van der Waals surface area contributed by atoms with Crippen LogP contribution in [0, 0.1) is 11.7 Å². The Balaban J connectivity index is 2.09. The Morgan fingerprint density at radius 3 is 2.43 bits per heavy atom. The van der Waals surface area contributed by atoms with Gasteiger partial charge in [0, 0.05) is 0 Å². The normalized spacial score (nSPS) is 22.0. The molecule has 4 nitrogen and oxygen atoms in total. The molecule has 0 saturated carbocycles. The van der Waals surface area contributed by atoms with E-state index >= 15 is 0 Å². The van der Waals surface area contributed by atoms with Gasteiger partial charge in [-0.25, -0.2) is 9.18 Å². The number of benzene rings is 1. The van der Waals surface area contributed by atoms with Crippen molar-refractivity contribution in [1.82, 2.24) is 10.2 Å². The Morgan fingerprint density at radius 2 is 1.86 bits per heavy atom. The zero-order valence-corrected chi connectivity index (χ0v) is 12.6. The molecule has 114 valence electrons. The van der Waals surface area contributed by atoms with Gasteiger partial charge < -0.3 is 5.32 Å². The number of hydrogen-bond acceptors (Lipinski definition) is 2. The number of urea groups is 1. The van der Waals surface area contributed by atoms with Crippen LogP contribution >= 0.6 is 0 Å². The van der Waals surface area contributed by atoms with Crippen molar-refractivity contribution in [3.63, 3.8) is 0 Å². The zero-order chi connectivity index (χ0) is 15.6. The van der Waals surface area contributed by atoms with Crippen molar-refractivity contribution in [1.29, 1.82) is 0 Å². The number of amides is 3. The zero-order valence-electron chi connectivity index (χ0n) is 12.6. The maximum Gasteiger partial charge on any atom is 0.325 e. The maximum atomic E-state index is 12.9. The van der Waals surface area contributed by atoms with E-state index in [1.165, 1.54) is 17.0 Å². The highest BCUT2D eigenvalue weighted by molar-refractivity contribution is 6.06. The molecule has 0 aliphatic carbocycles. The standard InChI is InChI=1S/C16H21FN2O2/c1-11(2)8-9-16(3)14(20)19(15(21)18-16)10-12-4-6-13(17)7-5-12/h4-7,11H,8-10H2,1-3H3,(H,18,21)/t16-/m0/s1. The van der Waals surface area contributed by atoms with Gasteiger partial charge in [0.05, 0.1) is 6.54 Å². The first kappa shape index (κ1) is 15.5. The lowest BCUT2D eigenvalue weighted by Gasteiger charge is -2.22. The Hall–Kier alpha value is -1.91. The molecule has 1 N–H and O–H groups in total. The summed E-state index contributed by atoms with van der Waals surface area (Å²) < 4.78 is 12.9. The SMILES string of the molecule is CC(C)CC[C@]1(C)NC(=O)N(Cc2ccc(F)cc2)C1=O. The molecule has 0 radical (unpaired) electrons. The molecule has 5 heteroatoms. The molecule has 2 rings (SSSR count). The fourth-order valence-electron chi connectivity index (χ4n) is 2.41. The third-order valence-electron chi connectivity index (χ3n) is 3.82. The molecule has 1 aliphatic heterocycles. The van der Waals surface area contributed by atoms with Crippen LogP contribution < -0.4 is 5.32 Å². The Kier molecular flexibility index (Phi) is 4.30. The minimum Gasteiger partial charge on any atom is -0.323 e. The highest BCUT2D eigenvalue weighted by atomic mass is 19.1. The monoisotopic (exact) mass is 292 g/mol. The van der Waals surface area contributed by atoms with Crippen molar-refractivity contribution >= 4 is 11.9 Å². The highest BCUT2D eigenvalue weighted by Crippen LogP contribution is 2.26. The van der Waals surface area contributed by atoms with E-state index in [9.17, 15) is 14.0 Å². The quantitative estimate of drug-likeness (QED) is 0.848. The summed E-state index contributed by atoms with van der Waals surface area (Å²) >= 11 is 0. The molecule has 21 heavy (non-hydrogen) atoms. The predicted molar refractivity (Wildman–Crippen MR) is 78.0 cm³/mol. The first-order chi connectivity index (χ1) is 9.82. The molecule has 1 aromatic rings. The van der Waals surface area contributed by atoms with Gasteiger partial charge in [-0.2, -0.15) is 0 Å². The fraction of sp³-hybridized carbons (Fsp3) is 0.500. The van der Waals surface area contributed by atoms with Gasteiger partial charge in [-0.05, 0) is 43.4 Å². The smallest absolute Gasteiger partial charge is 0.323 e. The number of carbonyl (C=O) groups is 2. The molecule has 1 heterocycles. The molecule has 1 aliphatic rings. The Morgan fingerprint density at radius 1 is 1.24 bits per heavy atom. The summed E-state index contributed by atoms with van der Waals surface area (Å²) in [7, 11) is 0. The van der Waals surface area contributed by atoms with E-state index in [2.05, 4.69) is 19.2 Å². The second-order valence-electron chi connectivity index (χ2n) is 6.21. The van der Waals surface area contributed by atoms with Crippen LogP contribution in [0.4, 0.5) is 9.18 Å². The van der Waals surface area contributed by atoms with Crippen molar-refractivity contribution in [2.45, 2.75) is 45.7 Å². The summed E-state index contributed by atoms with van der Waals surface area (Å²) in [5, 5.41) is 2.78. The first-order valence-electron chi connectivity index (χ1n) is 7.20. The summed E-state index contributed by atoms with van der Waals surface area (Å²) in [5.41, 5.74) is -0.102. The average molecular weight is 292 g/mol. The number of imide groups is 1. The molecule has 0 aromatic heterocycles. The van der Waals surface area contributed by atoms with Crippen molar-refractivity contribution in [2.75, 3.05) is 0 Å².